The molecule has 2 heterocycles. The SMILES string of the molecule is CCCCCCCCC1(CCCCCCCC)c2ccccc2-c2ccc(-c3ccc4c(c3)C(C)(C)c3cc(-c5ccc(-c6cc7c(c8oc9ccccc9c68)-c6ccc8c(c6C7(C)C)C(C)(C)c6cc(-c7ccc(-c9ccc%10c(c9)C(C)(C)c9cc(-c%11ccc%12c(c%11)C(CCCCCCCC)(CCCCCCCC)c%11ccccc%11-%12)ccc9-%10)cc7)c7c(oc9ccccc97)c6-8)cc5)ccc3-4)cc21. The van der Waals surface area contributed by atoms with Gasteiger partial charge in [0.25, 0.3) is 0 Å². The maximum absolute atomic E-state index is 7.34. The summed E-state index contributed by atoms with van der Waals surface area (Å²) in [5.41, 5.74) is 51.0. The highest BCUT2D eigenvalue weighted by Crippen LogP contribution is 2.66. The number of unbranched alkanes of at least 4 members (excludes halogenated alkanes) is 20. The van der Waals surface area contributed by atoms with Crippen molar-refractivity contribution in [2.45, 2.75) is 295 Å². The predicted octanol–water partition coefficient (Wildman–Crippen LogP) is 40.2. The summed E-state index contributed by atoms with van der Waals surface area (Å²) < 4.78 is 14.7. The van der Waals surface area contributed by atoms with Crippen molar-refractivity contribution in [2.75, 3.05) is 0 Å². The zero-order chi connectivity index (χ0) is 94.1. The quantitative estimate of drug-likeness (QED) is 0.0376. The molecule has 2 aromatic heterocycles. The highest BCUT2D eigenvalue weighted by molar-refractivity contribution is 6.21. The molecule has 0 fully saturated rings. The van der Waals surface area contributed by atoms with Crippen molar-refractivity contribution in [3.63, 3.8) is 0 Å². The molecule has 15 aromatic carbocycles. The van der Waals surface area contributed by atoms with Crippen LogP contribution in [0.25, 0.3) is 177 Å². The van der Waals surface area contributed by atoms with Crippen LogP contribution in [0.3, 0.4) is 0 Å². The average Bonchev–Trinajstić information content (AvgIpc) is 1.50. The van der Waals surface area contributed by atoms with Gasteiger partial charge in [-0.25, -0.2) is 0 Å². The van der Waals surface area contributed by atoms with E-state index in [4.69, 9.17) is 8.83 Å². The van der Waals surface area contributed by atoms with E-state index in [0.717, 1.165) is 33.1 Å². The molecule has 0 amide bonds. The van der Waals surface area contributed by atoms with Crippen molar-refractivity contribution in [3.05, 3.63) is 346 Å². The van der Waals surface area contributed by atoms with Gasteiger partial charge in [0.15, 0.2) is 0 Å². The molecule has 0 aliphatic heterocycles. The Labute approximate surface area is 821 Å². The molecule has 6 aliphatic rings. The van der Waals surface area contributed by atoms with Gasteiger partial charge in [0, 0.05) is 65.2 Å². The standard InChI is InChI=1S/C136H138O2/c1-13-17-21-25-29-41-75-135(76-42-30-26-22-18-14-2)111-49-37-33-45-97(111)103-71-65-95(83-117(103)135)93-63-69-101-99-67-61-91(79-113(99)131(5,6)115(101)81-93)87-53-57-89(58-54-87)109-85-119-125(129-123(109)105-47-35-39-51-121(105)137-129)107-73-74-108-126-120(134(11,12)128(108)127(107)133(119,9)10)86-110(124-106-48-36-40-52-122(106)138-130(124)126)90-59-55-88(56-60-90)92-62-68-100-102-70-64-94(82-116(102)132(7,8)114(100)80-92)96-66-72-104-98-46-34-38-50-112(98)136(118(104)84-96,77-43-31-27-23-19-15-3)78-44-32-28-24-20-16-4/h33-40,45-74,79-86H,13-32,41-44,75-78H2,1-12H3. The number of hydrogen-bond donors (Lipinski definition) is 0. The van der Waals surface area contributed by atoms with Crippen molar-refractivity contribution in [1.82, 2.24) is 0 Å². The Bertz CT molecular complexity index is 7130. The number of hydrogen-bond acceptors (Lipinski definition) is 2. The zero-order valence-corrected chi connectivity index (χ0v) is 84.2. The van der Waals surface area contributed by atoms with Crippen LogP contribution in [0.1, 0.15) is 330 Å². The van der Waals surface area contributed by atoms with Crippen LogP contribution in [-0.2, 0) is 32.5 Å². The fraction of sp³-hybridized carbons (Fsp3) is 0.338. The van der Waals surface area contributed by atoms with E-state index in [9.17, 15) is 0 Å². The summed E-state index contributed by atoms with van der Waals surface area (Å²) in [4.78, 5) is 0. The first-order valence-corrected chi connectivity index (χ1v) is 53.8. The molecular weight excluding hydrogens is 1670 g/mol. The van der Waals surface area contributed by atoms with Crippen LogP contribution >= 0.6 is 0 Å². The van der Waals surface area contributed by atoms with Gasteiger partial charge in [-0.15, -0.1) is 0 Å². The van der Waals surface area contributed by atoms with Crippen molar-refractivity contribution >= 4 is 43.9 Å². The third-order valence-electron chi connectivity index (χ3n) is 35.1. The Morgan fingerprint density at radius 2 is 0.435 bits per heavy atom. The van der Waals surface area contributed by atoms with Gasteiger partial charge in [0.2, 0.25) is 0 Å². The average molecular weight is 1800 g/mol. The lowest BCUT2D eigenvalue weighted by molar-refractivity contribution is 0.398. The molecule has 6 aliphatic carbocycles. The van der Waals surface area contributed by atoms with E-state index >= 15 is 0 Å². The molecule has 0 spiro atoms. The minimum atomic E-state index is -0.416. The number of rotatable bonds is 34. The van der Waals surface area contributed by atoms with Crippen LogP contribution in [0.15, 0.2) is 288 Å². The fourth-order valence-corrected chi connectivity index (χ4v) is 27.7. The monoisotopic (exact) mass is 1800 g/mol. The van der Waals surface area contributed by atoms with Crippen molar-refractivity contribution in [3.8, 4) is 134 Å². The molecule has 0 unspecified atom stereocenters. The summed E-state index contributed by atoms with van der Waals surface area (Å²) in [6, 6.07) is 110. The number of benzene rings is 15. The molecule has 2 heteroatoms. The molecule has 0 bridgehead atoms. The summed E-state index contributed by atoms with van der Waals surface area (Å²) in [5, 5.41) is 4.61. The molecule has 23 rings (SSSR count). The van der Waals surface area contributed by atoms with Gasteiger partial charge in [-0.1, -0.05) is 456 Å². The second-order valence-electron chi connectivity index (χ2n) is 44.8. The Kier molecular flexibility index (Phi) is 23.2. The van der Waals surface area contributed by atoms with Gasteiger partial charge in [-0.2, -0.15) is 0 Å². The van der Waals surface area contributed by atoms with Crippen molar-refractivity contribution < 1.29 is 8.83 Å². The minimum absolute atomic E-state index is 0.0373. The maximum Gasteiger partial charge on any atom is 0.144 e. The highest BCUT2D eigenvalue weighted by Gasteiger charge is 2.51. The van der Waals surface area contributed by atoms with Crippen LogP contribution in [0, 0.1) is 0 Å². The molecule has 0 radical (unpaired) electrons. The van der Waals surface area contributed by atoms with Crippen LogP contribution in [0.4, 0.5) is 0 Å². The van der Waals surface area contributed by atoms with Crippen LogP contribution in [-0.4, -0.2) is 0 Å². The summed E-state index contributed by atoms with van der Waals surface area (Å²) in [7, 11) is 0. The lowest BCUT2D eigenvalue weighted by atomic mass is 9.70. The summed E-state index contributed by atoms with van der Waals surface area (Å²) >= 11 is 0. The Hall–Kier alpha value is -12.1. The van der Waals surface area contributed by atoms with Gasteiger partial charge < -0.3 is 8.83 Å². The Morgan fingerprint density at radius 1 is 0.188 bits per heavy atom. The first-order chi connectivity index (χ1) is 67.3. The van der Waals surface area contributed by atoms with Crippen LogP contribution in [0.2, 0.25) is 0 Å². The number of fused-ring (bicyclic) bond motifs is 27. The van der Waals surface area contributed by atoms with E-state index in [2.05, 4.69) is 362 Å². The van der Waals surface area contributed by atoms with E-state index < -0.39 is 10.8 Å². The highest BCUT2D eigenvalue weighted by atomic mass is 16.3. The van der Waals surface area contributed by atoms with Gasteiger partial charge in [0.05, 0.1) is 0 Å². The lowest BCUT2D eigenvalue weighted by Gasteiger charge is -2.33. The number of para-hydroxylation sites is 2. The molecule has 138 heavy (non-hydrogen) atoms. The molecular formula is C136H138O2. The molecule has 0 saturated heterocycles. The van der Waals surface area contributed by atoms with Crippen molar-refractivity contribution in [2.24, 2.45) is 0 Å². The summed E-state index contributed by atoms with van der Waals surface area (Å²) in [5.74, 6) is 0. The molecule has 0 saturated carbocycles. The molecule has 694 valence electrons. The normalized spacial score (nSPS) is 15.4. The molecule has 0 N–H and O–H groups in total. The predicted molar refractivity (Wildman–Crippen MR) is 588 cm³/mol. The molecule has 17 aromatic rings. The zero-order valence-electron chi connectivity index (χ0n) is 84.2. The second kappa shape index (κ2) is 35.7. The van der Waals surface area contributed by atoms with Crippen molar-refractivity contribution in [1.29, 1.82) is 0 Å². The maximum atomic E-state index is 7.34. The molecule has 2 nitrogen and oxygen atoms in total. The second-order valence-corrected chi connectivity index (χ2v) is 44.8. The van der Waals surface area contributed by atoms with Gasteiger partial charge >= 0.3 is 0 Å². The van der Waals surface area contributed by atoms with Crippen LogP contribution in [0.5, 0.6) is 0 Å². The van der Waals surface area contributed by atoms with Gasteiger partial charge in [0.1, 0.15) is 22.3 Å². The summed E-state index contributed by atoms with van der Waals surface area (Å²) in [6.07, 6.45) is 36.6. The largest absolute Gasteiger partial charge is 0.455 e. The fourth-order valence-electron chi connectivity index (χ4n) is 27.7. The Morgan fingerprint density at radius 3 is 0.761 bits per heavy atom. The van der Waals surface area contributed by atoms with Gasteiger partial charge in [-0.3, -0.25) is 0 Å². The third kappa shape index (κ3) is 14.5. The first-order valence-electron chi connectivity index (χ1n) is 53.8. The minimum Gasteiger partial charge on any atom is -0.455 e. The smallest absolute Gasteiger partial charge is 0.144 e. The first kappa shape index (κ1) is 89.8. The van der Waals surface area contributed by atoms with E-state index in [1.165, 1.54) is 369 Å². The van der Waals surface area contributed by atoms with E-state index in [0.29, 0.717) is 0 Å². The third-order valence-corrected chi connectivity index (χ3v) is 35.1. The molecule has 0 atom stereocenters. The van der Waals surface area contributed by atoms with E-state index in [1.807, 2.05) is 0 Å². The van der Waals surface area contributed by atoms with E-state index in [-0.39, 0.29) is 21.7 Å². The van der Waals surface area contributed by atoms with E-state index in [1.54, 1.807) is 22.3 Å². The topological polar surface area (TPSA) is 26.3 Å². The number of furan rings is 2. The van der Waals surface area contributed by atoms with Gasteiger partial charge in [-0.05, 0) is 276 Å². The Balaban J connectivity index is 0.533. The summed E-state index contributed by atoms with van der Waals surface area (Å²) in [6.45, 7) is 29.1. The lowest BCUT2D eigenvalue weighted by Crippen LogP contribution is -2.25. The van der Waals surface area contributed by atoms with Crippen LogP contribution < -0.4 is 0 Å².